The molecule has 0 heterocycles. The number of hydrogen-bond donors (Lipinski definition) is 3. The molecule has 0 radical (unpaired) electrons. The monoisotopic (exact) mass is 251 g/mol. The number of nitrogen functional groups attached to an aromatic ring is 1. The van der Waals surface area contributed by atoms with Crippen LogP contribution in [0.25, 0.3) is 0 Å². The molecule has 1 atom stereocenters. The lowest BCUT2D eigenvalue weighted by Crippen LogP contribution is -2.28. The predicted molar refractivity (Wildman–Crippen MR) is 73.8 cm³/mol. The summed E-state index contributed by atoms with van der Waals surface area (Å²) in [6.45, 7) is 4.63. The zero-order valence-electron chi connectivity index (χ0n) is 11.1. The van der Waals surface area contributed by atoms with Crippen molar-refractivity contribution in [2.75, 3.05) is 30.8 Å². The Kier molecular flexibility index (Phi) is 4.97. The van der Waals surface area contributed by atoms with E-state index in [-0.39, 0.29) is 5.91 Å². The molecule has 0 aromatic heterocycles. The van der Waals surface area contributed by atoms with Gasteiger partial charge in [-0.15, -0.1) is 0 Å². The number of nitrogens with one attached hydrogen (secondary N) is 1. The summed E-state index contributed by atoms with van der Waals surface area (Å²) in [5, 5.41) is 12.1. The van der Waals surface area contributed by atoms with Gasteiger partial charge >= 0.3 is 0 Å². The van der Waals surface area contributed by atoms with Crippen LogP contribution in [0.4, 0.5) is 11.4 Å². The number of carbonyl (C=O) groups excluding carboxylic acids is 1. The van der Waals surface area contributed by atoms with Crippen molar-refractivity contribution in [2.24, 2.45) is 0 Å². The highest BCUT2D eigenvalue weighted by Crippen LogP contribution is 2.23. The summed E-state index contributed by atoms with van der Waals surface area (Å²) >= 11 is 0. The maximum atomic E-state index is 11.7. The van der Waals surface area contributed by atoms with Crippen molar-refractivity contribution in [1.29, 1.82) is 0 Å². The van der Waals surface area contributed by atoms with Gasteiger partial charge in [0.05, 0.1) is 17.5 Å². The molecule has 0 spiro atoms. The Morgan fingerprint density at radius 1 is 1.56 bits per heavy atom. The van der Waals surface area contributed by atoms with E-state index in [0.717, 1.165) is 5.69 Å². The molecule has 0 saturated carbocycles. The number of anilines is 2. The van der Waals surface area contributed by atoms with Crippen molar-refractivity contribution in [2.45, 2.75) is 20.0 Å². The van der Waals surface area contributed by atoms with Crippen LogP contribution in [0.1, 0.15) is 24.2 Å². The van der Waals surface area contributed by atoms with Crippen LogP contribution < -0.4 is 16.0 Å². The molecule has 1 aromatic rings. The molecule has 1 rings (SSSR count). The fourth-order valence-electron chi connectivity index (χ4n) is 1.77. The van der Waals surface area contributed by atoms with Crippen LogP contribution in [0.3, 0.4) is 0 Å². The zero-order chi connectivity index (χ0) is 13.7. The molecule has 4 N–H and O–H groups in total. The Hall–Kier alpha value is -1.75. The fourth-order valence-corrected chi connectivity index (χ4v) is 1.77. The number of benzene rings is 1. The lowest BCUT2D eigenvalue weighted by molar-refractivity contribution is 0.0956. The van der Waals surface area contributed by atoms with Crippen molar-refractivity contribution in [3.8, 4) is 0 Å². The van der Waals surface area contributed by atoms with Gasteiger partial charge in [0.1, 0.15) is 0 Å². The number of aliphatic hydroxyl groups is 1. The van der Waals surface area contributed by atoms with Gasteiger partial charge in [0.15, 0.2) is 0 Å². The van der Waals surface area contributed by atoms with Gasteiger partial charge in [-0.05, 0) is 32.0 Å². The van der Waals surface area contributed by atoms with E-state index in [1.807, 2.05) is 18.9 Å². The van der Waals surface area contributed by atoms with Crippen LogP contribution >= 0.6 is 0 Å². The zero-order valence-corrected chi connectivity index (χ0v) is 11.1. The Labute approximate surface area is 108 Å². The molecule has 5 nitrogen and oxygen atoms in total. The number of aliphatic hydroxyl groups excluding tert-OH is 1. The highest BCUT2D eigenvalue weighted by atomic mass is 16.3. The molecule has 1 aromatic carbocycles. The van der Waals surface area contributed by atoms with E-state index in [2.05, 4.69) is 5.32 Å². The smallest absolute Gasteiger partial charge is 0.251 e. The Bertz CT molecular complexity index is 419. The summed E-state index contributed by atoms with van der Waals surface area (Å²) in [6, 6.07) is 5.14. The average Bonchev–Trinajstić information content (AvgIpc) is 2.28. The molecule has 1 amide bonds. The predicted octanol–water partition coefficient (Wildman–Crippen LogP) is 0.835. The normalized spacial score (nSPS) is 12.0. The number of hydrogen-bond acceptors (Lipinski definition) is 4. The van der Waals surface area contributed by atoms with Crippen molar-refractivity contribution < 1.29 is 9.90 Å². The molecule has 1 unspecified atom stereocenters. The summed E-state index contributed by atoms with van der Waals surface area (Å²) in [4.78, 5) is 13.6. The summed E-state index contributed by atoms with van der Waals surface area (Å²) in [6.07, 6.45) is -0.456. The van der Waals surface area contributed by atoms with E-state index in [0.29, 0.717) is 24.3 Å². The minimum atomic E-state index is -0.456. The Morgan fingerprint density at radius 2 is 2.22 bits per heavy atom. The van der Waals surface area contributed by atoms with E-state index in [1.54, 1.807) is 25.1 Å². The van der Waals surface area contributed by atoms with Gasteiger partial charge in [-0.1, -0.05) is 0 Å². The molecule has 0 fully saturated rings. The molecule has 100 valence electrons. The minimum Gasteiger partial charge on any atom is -0.397 e. The number of nitrogens with two attached hydrogens (primary N) is 1. The Balaban J connectivity index is 2.97. The summed E-state index contributed by atoms with van der Waals surface area (Å²) in [5.41, 5.74) is 7.79. The SMILES string of the molecule is CCNC(=O)c1ccc(N)c(N(C)CC(C)O)c1. The standard InChI is InChI=1S/C13H21N3O2/c1-4-15-13(18)10-5-6-11(14)12(7-10)16(3)8-9(2)17/h5-7,9,17H,4,8,14H2,1-3H3,(H,15,18). The number of nitrogens with zero attached hydrogens (tertiary/aromatic N) is 1. The molecule has 0 aliphatic rings. The highest BCUT2D eigenvalue weighted by molar-refractivity contribution is 5.96. The molecular formula is C13H21N3O2. The third-order valence-corrected chi connectivity index (χ3v) is 2.58. The quantitative estimate of drug-likeness (QED) is 0.677. The van der Waals surface area contributed by atoms with Gasteiger partial charge in [0.2, 0.25) is 0 Å². The van der Waals surface area contributed by atoms with E-state index in [9.17, 15) is 9.90 Å². The average molecular weight is 251 g/mol. The number of rotatable bonds is 5. The molecule has 0 aliphatic heterocycles. The lowest BCUT2D eigenvalue weighted by Gasteiger charge is -2.23. The van der Waals surface area contributed by atoms with Crippen molar-refractivity contribution in [3.63, 3.8) is 0 Å². The first-order valence-electron chi connectivity index (χ1n) is 6.02. The molecule has 0 saturated heterocycles. The summed E-state index contributed by atoms with van der Waals surface area (Å²) in [5.74, 6) is -0.121. The second-order valence-corrected chi connectivity index (χ2v) is 4.36. The number of amides is 1. The second-order valence-electron chi connectivity index (χ2n) is 4.36. The van der Waals surface area contributed by atoms with E-state index < -0.39 is 6.10 Å². The van der Waals surface area contributed by atoms with Gasteiger partial charge in [-0.3, -0.25) is 4.79 Å². The van der Waals surface area contributed by atoms with E-state index in [4.69, 9.17) is 5.73 Å². The molecule has 0 aliphatic carbocycles. The molecular weight excluding hydrogens is 230 g/mol. The second kappa shape index (κ2) is 6.26. The van der Waals surface area contributed by atoms with Crippen LogP contribution in [-0.4, -0.2) is 37.3 Å². The lowest BCUT2D eigenvalue weighted by atomic mass is 10.1. The van der Waals surface area contributed by atoms with Gasteiger partial charge in [-0.25, -0.2) is 0 Å². The van der Waals surface area contributed by atoms with Crippen molar-refractivity contribution in [1.82, 2.24) is 5.32 Å². The van der Waals surface area contributed by atoms with E-state index >= 15 is 0 Å². The first-order valence-corrected chi connectivity index (χ1v) is 6.02. The van der Waals surface area contributed by atoms with Gasteiger partial charge in [0, 0.05) is 25.7 Å². The largest absolute Gasteiger partial charge is 0.397 e. The summed E-state index contributed by atoms with van der Waals surface area (Å²) in [7, 11) is 1.83. The molecule has 0 bridgehead atoms. The third kappa shape index (κ3) is 3.63. The first-order chi connectivity index (χ1) is 8.45. The maximum absolute atomic E-state index is 11.7. The van der Waals surface area contributed by atoms with Gasteiger partial charge in [-0.2, -0.15) is 0 Å². The van der Waals surface area contributed by atoms with Crippen LogP contribution in [0.5, 0.6) is 0 Å². The van der Waals surface area contributed by atoms with Crippen LogP contribution in [0.15, 0.2) is 18.2 Å². The first kappa shape index (κ1) is 14.3. The van der Waals surface area contributed by atoms with Crippen LogP contribution in [-0.2, 0) is 0 Å². The third-order valence-electron chi connectivity index (χ3n) is 2.58. The van der Waals surface area contributed by atoms with Gasteiger partial charge < -0.3 is 21.1 Å². The van der Waals surface area contributed by atoms with Crippen molar-refractivity contribution in [3.05, 3.63) is 23.8 Å². The number of carbonyl (C=O) groups is 1. The number of likely N-dealkylation sites (N-methyl/N-ethyl adjacent to an activating group) is 1. The minimum absolute atomic E-state index is 0.121. The Morgan fingerprint density at radius 3 is 2.78 bits per heavy atom. The molecule has 18 heavy (non-hydrogen) atoms. The van der Waals surface area contributed by atoms with Crippen molar-refractivity contribution >= 4 is 17.3 Å². The fraction of sp³-hybridized carbons (Fsp3) is 0.462. The molecule has 5 heteroatoms. The van der Waals surface area contributed by atoms with Gasteiger partial charge in [0.25, 0.3) is 5.91 Å². The topological polar surface area (TPSA) is 78.6 Å². The highest BCUT2D eigenvalue weighted by Gasteiger charge is 2.11. The maximum Gasteiger partial charge on any atom is 0.251 e. The van der Waals surface area contributed by atoms with Crippen LogP contribution in [0.2, 0.25) is 0 Å². The van der Waals surface area contributed by atoms with E-state index in [1.165, 1.54) is 0 Å². The van der Waals surface area contributed by atoms with Crippen LogP contribution in [0, 0.1) is 0 Å². The summed E-state index contributed by atoms with van der Waals surface area (Å²) < 4.78 is 0.